The molecule has 0 aliphatic heterocycles. The maximum Gasteiger partial charge on any atom is 0.341 e. The first-order chi connectivity index (χ1) is 14.5. The predicted molar refractivity (Wildman–Crippen MR) is 117 cm³/mol. The molecule has 0 fully saturated rings. The van der Waals surface area contributed by atoms with Crippen LogP contribution in [0.5, 0.6) is 0 Å². The van der Waals surface area contributed by atoms with Gasteiger partial charge >= 0.3 is 5.97 Å². The van der Waals surface area contributed by atoms with Crippen LogP contribution in [0.25, 0.3) is 10.2 Å². The molecule has 0 aromatic carbocycles. The minimum absolute atomic E-state index is 0.00447. The van der Waals surface area contributed by atoms with Gasteiger partial charge in [-0.15, -0.1) is 11.3 Å². The van der Waals surface area contributed by atoms with Crippen molar-refractivity contribution in [1.29, 1.82) is 0 Å². The van der Waals surface area contributed by atoms with E-state index in [-0.39, 0.29) is 5.56 Å². The largest absolute Gasteiger partial charge is 0.465 e. The van der Waals surface area contributed by atoms with Crippen molar-refractivity contribution in [3.63, 3.8) is 0 Å². The molecule has 0 N–H and O–H groups in total. The molecule has 3 aromatic rings. The Bertz CT molecular complexity index is 1140. The molecule has 4 rings (SSSR count). The third kappa shape index (κ3) is 3.93. The topological polar surface area (TPSA) is 83.6 Å². The maximum atomic E-state index is 13.4. The zero-order valence-electron chi connectivity index (χ0n) is 17.3. The number of fused-ring (bicyclic) bond motifs is 3. The van der Waals surface area contributed by atoms with Gasteiger partial charge in [-0.05, 0) is 44.2 Å². The average molecular weight is 449 g/mol. The summed E-state index contributed by atoms with van der Waals surface area (Å²) in [4.78, 5) is 32.1. The van der Waals surface area contributed by atoms with E-state index in [1.54, 1.807) is 36.0 Å². The lowest BCUT2D eigenvalue weighted by atomic mass is 9.97. The van der Waals surface area contributed by atoms with Crippen LogP contribution in [0.1, 0.15) is 45.2 Å². The maximum absolute atomic E-state index is 13.4. The highest BCUT2D eigenvalue weighted by Gasteiger charge is 2.23. The number of aromatic nitrogens is 2. The van der Waals surface area contributed by atoms with Gasteiger partial charge in [-0.1, -0.05) is 11.8 Å². The third-order valence-corrected chi connectivity index (χ3v) is 7.46. The Hall–Kier alpha value is -2.10. The Kier molecular flexibility index (Phi) is 6.31. The van der Waals surface area contributed by atoms with Gasteiger partial charge in [-0.3, -0.25) is 9.36 Å². The molecule has 0 amide bonds. The van der Waals surface area contributed by atoms with Crippen LogP contribution in [0.3, 0.4) is 0 Å². The lowest BCUT2D eigenvalue weighted by Crippen LogP contribution is -2.25. The molecular formula is C21H24N2O5S2. The van der Waals surface area contributed by atoms with Gasteiger partial charge in [0.15, 0.2) is 5.16 Å². The number of ether oxygens (including phenoxy) is 2. The molecule has 0 saturated heterocycles. The van der Waals surface area contributed by atoms with Crippen LogP contribution < -0.4 is 5.56 Å². The summed E-state index contributed by atoms with van der Waals surface area (Å²) < 4.78 is 17.4. The van der Waals surface area contributed by atoms with E-state index in [0.29, 0.717) is 41.1 Å². The number of hydrogen-bond donors (Lipinski definition) is 0. The van der Waals surface area contributed by atoms with Crippen LogP contribution in [0.15, 0.2) is 20.4 Å². The number of aryl methyl sites for hydroxylation is 3. The SMILES string of the molecule is COCCn1c(SCc2cc(C(=O)OC)c(C)o2)nc2sc3c(c2c1=O)CCCC3. The number of esters is 1. The van der Waals surface area contributed by atoms with Crippen molar-refractivity contribution in [2.75, 3.05) is 20.8 Å². The molecule has 0 bridgehead atoms. The minimum Gasteiger partial charge on any atom is -0.465 e. The molecule has 160 valence electrons. The number of thiophene rings is 1. The summed E-state index contributed by atoms with van der Waals surface area (Å²) in [7, 11) is 2.97. The molecule has 1 aliphatic carbocycles. The fourth-order valence-electron chi connectivity index (χ4n) is 3.77. The zero-order chi connectivity index (χ0) is 21.3. The first-order valence-corrected chi connectivity index (χ1v) is 11.7. The number of carbonyl (C=O) groups is 1. The van der Waals surface area contributed by atoms with Crippen LogP contribution in [-0.2, 0) is 34.6 Å². The lowest BCUT2D eigenvalue weighted by molar-refractivity contribution is 0.0599. The van der Waals surface area contributed by atoms with Crippen LogP contribution in [0.2, 0.25) is 0 Å². The highest BCUT2D eigenvalue weighted by atomic mass is 32.2. The second kappa shape index (κ2) is 8.95. The monoisotopic (exact) mass is 448 g/mol. The first kappa shape index (κ1) is 21.1. The number of thioether (sulfide) groups is 1. The van der Waals surface area contributed by atoms with Crippen molar-refractivity contribution >= 4 is 39.3 Å². The average Bonchev–Trinajstić information content (AvgIpc) is 3.31. The lowest BCUT2D eigenvalue weighted by Gasteiger charge is -2.13. The molecule has 3 aromatic heterocycles. The van der Waals surface area contributed by atoms with E-state index in [0.717, 1.165) is 29.5 Å². The Morgan fingerprint density at radius 3 is 2.90 bits per heavy atom. The standard InChI is InChI=1S/C21H24N2O5S2/c1-12-15(20(25)27-3)10-13(28-12)11-29-21-22-18-17(19(24)23(21)8-9-26-2)14-6-4-5-7-16(14)30-18/h10H,4-9,11H2,1-3H3. The normalized spacial score (nSPS) is 13.6. The zero-order valence-corrected chi connectivity index (χ0v) is 18.9. The summed E-state index contributed by atoms with van der Waals surface area (Å²) in [6, 6.07) is 1.69. The molecular weight excluding hydrogens is 424 g/mol. The van der Waals surface area contributed by atoms with E-state index < -0.39 is 5.97 Å². The molecule has 0 saturated carbocycles. The molecule has 30 heavy (non-hydrogen) atoms. The molecule has 3 heterocycles. The Morgan fingerprint density at radius 1 is 1.33 bits per heavy atom. The number of carbonyl (C=O) groups excluding carboxylic acids is 1. The molecule has 0 spiro atoms. The Labute approximate surface area is 182 Å². The second-order valence-electron chi connectivity index (χ2n) is 7.20. The molecule has 7 nitrogen and oxygen atoms in total. The van der Waals surface area contributed by atoms with Gasteiger partial charge in [-0.2, -0.15) is 0 Å². The quantitative estimate of drug-likeness (QED) is 0.307. The summed E-state index contributed by atoms with van der Waals surface area (Å²) in [6.45, 7) is 2.60. The van der Waals surface area contributed by atoms with E-state index in [4.69, 9.17) is 18.9 Å². The second-order valence-corrected chi connectivity index (χ2v) is 9.22. The van der Waals surface area contributed by atoms with Crippen molar-refractivity contribution in [3.8, 4) is 0 Å². The smallest absolute Gasteiger partial charge is 0.341 e. The number of methoxy groups -OCH3 is 2. The van der Waals surface area contributed by atoms with Crippen molar-refractivity contribution in [1.82, 2.24) is 9.55 Å². The highest BCUT2D eigenvalue weighted by Crippen LogP contribution is 2.35. The van der Waals surface area contributed by atoms with Gasteiger partial charge in [0.2, 0.25) is 0 Å². The van der Waals surface area contributed by atoms with Crippen molar-refractivity contribution in [3.05, 3.63) is 43.9 Å². The van der Waals surface area contributed by atoms with Crippen molar-refractivity contribution < 1.29 is 18.7 Å². The van der Waals surface area contributed by atoms with E-state index in [1.807, 2.05) is 0 Å². The van der Waals surface area contributed by atoms with Crippen LogP contribution in [0.4, 0.5) is 0 Å². The summed E-state index contributed by atoms with van der Waals surface area (Å²) in [5, 5.41) is 1.41. The van der Waals surface area contributed by atoms with Crippen LogP contribution in [-0.4, -0.2) is 36.3 Å². The van der Waals surface area contributed by atoms with E-state index in [9.17, 15) is 9.59 Å². The Balaban J connectivity index is 1.69. The van der Waals surface area contributed by atoms with Gasteiger partial charge < -0.3 is 13.9 Å². The highest BCUT2D eigenvalue weighted by molar-refractivity contribution is 7.98. The fraction of sp³-hybridized carbons (Fsp3) is 0.476. The summed E-state index contributed by atoms with van der Waals surface area (Å²) >= 11 is 3.07. The summed E-state index contributed by atoms with van der Waals surface area (Å²) in [5.41, 5.74) is 1.61. The van der Waals surface area contributed by atoms with Gasteiger partial charge in [0.05, 0.1) is 31.4 Å². The molecule has 9 heteroatoms. The van der Waals surface area contributed by atoms with Crippen molar-refractivity contribution in [2.45, 2.75) is 50.1 Å². The van der Waals surface area contributed by atoms with Crippen LogP contribution in [0, 0.1) is 6.92 Å². The van der Waals surface area contributed by atoms with Crippen LogP contribution >= 0.6 is 23.1 Å². The molecule has 0 radical (unpaired) electrons. The van der Waals surface area contributed by atoms with Gasteiger partial charge in [0, 0.05) is 12.0 Å². The first-order valence-electron chi connectivity index (χ1n) is 9.88. The number of rotatable bonds is 7. The summed E-state index contributed by atoms with van der Waals surface area (Å²) in [5.74, 6) is 1.18. The van der Waals surface area contributed by atoms with E-state index in [1.165, 1.54) is 35.7 Å². The molecule has 0 unspecified atom stereocenters. The fourth-order valence-corrected chi connectivity index (χ4v) is 5.98. The van der Waals surface area contributed by atoms with Crippen molar-refractivity contribution in [2.24, 2.45) is 0 Å². The summed E-state index contributed by atoms with van der Waals surface area (Å²) in [6.07, 6.45) is 4.26. The minimum atomic E-state index is -0.423. The molecule has 0 atom stereocenters. The van der Waals surface area contributed by atoms with Gasteiger partial charge in [0.1, 0.15) is 21.9 Å². The predicted octanol–water partition coefficient (Wildman–Crippen LogP) is 3.96. The number of furan rings is 1. The van der Waals surface area contributed by atoms with E-state index in [2.05, 4.69) is 0 Å². The number of nitrogens with zero attached hydrogens (tertiary/aromatic N) is 2. The molecule has 1 aliphatic rings. The van der Waals surface area contributed by atoms with E-state index >= 15 is 0 Å². The van der Waals surface area contributed by atoms with Gasteiger partial charge in [0.25, 0.3) is 5.56 Å². The number of hydrogen-bond acceptors (Lipinski definition) is 8. The van der Waals surface area contributed by atoms with Gasteiger partial charge in [-0.25, -0.2) is 9.78 Å². The Morgan fingerprint density at radius 2 is 2.13 bits per heavy atom. The third-order valence-electron chi connectivity index (χ3n) is 5.28.